The first kappa shape index (κ1) is 32.8. The van der Waals surface area contributed by atoms with E-state index in [1.807, 2.05) is 0 Å². The van der Waals surface area contributed by atoms with Crippen molar-refractivity contribution in [2.24, 2.45) is 29.6 Å². The molecule has 0 N–H and O–H groups in total. The normalized spacial score (nSPS) is 27.8. The molecular formula is C34H38F8O2. The van der Waals surface area contributed by atoms with Crippen molar-refractivity contribution in [3.8, 4) is 17.6 Å². The van der Waals surface area contributed by atoms with Crippen molar-refractivity contribution in [3.05, 3.63) is 41.2 Å². The highest BCUT2D eigenvalue weighted by atomic mass is 19.4. The average Bonchev–Trinajstić information content (AvgIpc) is 2.96. The van der Waals surface area contributed by atoms with Crippen LogP contribution in [-0.4, -0.2) is 25.0 Å². The first-order valence-corrected chi connectivity index (χ1v) is 15.7. The Labute approximate surface area is 252 Å². The molecule has 3 aliphatic rings. The van der Waals surface area contributed by atoms with Gasteiger partial charge in [0.25, 0.3) is 0 Å². The number of unbranched alkanes of at least 4 members (excludes halogenated alkanes) is 2. The Hall–Kier alpha value is -2.54. The van der Waals surface area contributed by atoms with Crippen molar-refractivity contribution < 1.29 is 44.6 Å². The first-order valence-electron chi connectivity index (χ1n) is 15.7. The molecule has 2 nitrogen and oxygen atoms in total. The van der Waals surface area contributed by atoms with Gasteiger partial charge in [0.05, 0.1) is 23.0 Å². The molecule has 1 saturated heterocycles. The van der Waals surface area contributed by atoms with E-state index in [0.717, 1.165) is 44.3 Å². The summed E-state index contributed by atoms with van der Waals surface area (Å²) >= 11 is 0. The number of fused-ring (bicyclic) bond motifs is 2. The summed E-state index contributed by atoms with van der Waals surface area (Å²) < 4.78 is 123. The van der Waals surface area contributed by atoms with Gasteiger partial charge in [-0.1, -0.05) is 32.1 Å². The van der Waals surface area contributed by atoms with Crippen LogP contribution in [0, 0.1) is 58.9 Å². The fraction of sp³-hybridized carbons (Fsp3) is 0.647. The van der Waals surface area contributed by atoms with Gasteiger partial charge in [-0.3, -0.25) is 0 Å². The van der Waals surface area contributed by atoms with Crippen LogP contribution in [0.15, 0.2) is 18.2 Å². The molecule has 2 saturated carbocycles. The summed E-state index contributed by atoms with van der Waals surface area (Å²) in [6.07, 6.45) is 2.60. The maximum Gasteiger partial charge on any atom is 0.458 e. The first-order chi connectivity index (χ1) is 20.8. The molecule has 5 rings (SSSR count). The molecule has 3 fully saturated rings. The quantitative estimate of drug-likeness (QED) is 0.164. The second kappa shape index (κ2) is 13.4. The van der Waals surface area contributed by atoms with E-state index in [1.54, 1.807) is 0 Å². The Morgan fingerprint density at radius 3 is 2.27 bits per heavy atom. The Morgan fingerprint density at radius 1 is 0.841 bits per heavy atom. The lowest BCUT2D eigenvalue weighted by Crippen LogP contribution is -2.43. The van der Waals surface area contributed by atoms with Crippen molar-refractivity contribution in [1.29, 1.82) is 0 Å². The van der Waals surface area contributed by atoms with E-state index in [4.69, 9.17) is 9.47 Å². The van der Waals surface area contributed by atoms with Gasteiger partial charge < -0.3 is 9.47 Å². The van der Waals surface area contributed by atoms with Crippen molar-refractivity contribution >= 4 is 10.8 Å². The standard InChI is InChI=1S/C34H38F8O2/c1-2-3-4-5-20-6-11-30(43-19-20)23-8-7-22-15-25(10-9-21(22)14-23)34(41,42)44-26-16-24-17-28(35)27(12-13-33(38,39)40)32(37)31(24)29(36)18-26/h16-18,20-23,25,30H,2-11,14-15,19H2,1H3. The third-order valence-corrected chi connectivity index (χ3v) is 9.91. The van der Waals surface area contributed by atoms with Crippen LogP contribution in [0.3, 0.4) is 0 Å². The van der Waals surface area contributed by atoms with E-state index in [9.17, 15) is 26.3 Å². The van der Waals surface area contributed by atoms with E-state index in [-0.39, 0.29) is 24.9 Å². The van der Waals surface area contributed by atoms with E-state index in [1.165, 1.54) is 38.0 Å². The third kappa shape index (κ3) is 7.63. The number of hydrogen-bond acceptors (Lipinski definition) is 2. The minimum atomic E-state index is -5.02. The van der Waals surface area contributed by atoms with Crippen LogP contribution in [0.4, 0.5) is 35.1 Å². The van der Waals surface area contributed by atoms with Crippen LogP contribution in [0.1, 0.15) is 89.5 Å². The Kier molecular flexibility index (Phi) is 10.0. The van der Waals surface area contributed by atoms with Gasteiger partial charge in [0.15, 0.2) is 5.82 Å². The maximum atomic E-state index is 15.4. The molecule has 1 aliphatic heterocycles. The highest BCUT2D eigenvalue weighted by Gasteiger charge is 2.48. The van der Waals surface area contributed by atoms with Crippen molar-refractivity contribution in [1.82, 2.24) is 0 Å². The summed E-state index contributed by atoms with van der Waals surface area (Å²) in [7, 11) is 0. The summed E-state index contributed by atoms with van der Waals surface area (Å²) in [6, 6.07) is 1.95. The highest BCUT2D eigenvalue weighted by Crippen LogP contribution is 2.50. The summed E-state index contributed by atoms with van der Waals surface area (Å²) in [5.41, 5.74) is -1.26. The van der Waals surface area contributed by atoms with Gasteiger partial charge in [-0.15, -0.1) is 0 Å². The molecule has 44 heavy (non-hydrogen) atoms. The molecule has 6 atom stereocenters. The molecule has 0 spiro atoms. The van der Waals surface area contributed by atoms with E-state index < -0.39 is 57.7 Å². The van der Waals surface area contributed by atoms with Crippen LogP contribution in [0.2, 0.25) is 0 Å². The van der Waals surface area contributed by atoms with Crippen LogP contribution >= 0.6 is 0 Å². The van der Waals surface area contributed by atoms with Gasteiger partial charge in [0, 0.05) is 18.6 Å². The predicted molar refractivity (Wildman–Crippen MR) is 151 cm³/mol. The lowest BCUT2D eigenvalue weighted by Gasteiger charge is -2.46. The lowest BCUT2D eigenvalue weighted by atomic mass is 9.63. The van der Waals surface area contributed by atoms with Gasteiger partial charge in [0.2, 0.25) is 0 Å². The molecule has 0 bridgehead atoms. The van der Waals surface area contributed by atoms with Crippen molar-refractivity contribution in [2.45, 2.75) is 102 Å². The summed E-state index contributed by atoms with van der Waals surface area (Å²) in [6.45, 7) is 3.01. The zero-order chi connectivity index (χ0) is 31.6. The van der Waals surface area contributed by atoms with Gasteiger partial charge in [-0.2, -0.15) is 22.0 Å². The third-order valence-electron chi connectivity index (χ3n) is 9.91. The number of ether oxygens (including phenoxy) is 2. The molecule has 0 radical (unpaired) electrons. The van der Waals surface area contributed by atoms with Gasteiger partial charge >= 0.3 is 12.3 Å². The summed E-state index contributed by atoms with van der Waals surface area (Å²) in [4.78, 5) is 0. The number of rotatable bonds is 8. The minimum Gasteiger partial charge on any atom is -0.432 e. The molecule has 2 aliphatic carbocycles. The largest absolute Gasteiger partial charge is 0.458 e. The van der Waals surface area contributed by atoms with Crippen LogP contribution in [-0.2, 0) is 4.74 Å². The zero-order valence-electron chi connectivity index (χ0n) is 24.7. The van der Waals surface area contributed by atoms with Gasteiger partial charge in [-0.25, -0.2) is 13.2 Å². The average molecular weight is 631 g/mol. The molecule has 2 aromatic carbocycles. The highest BCUT2D eigenvalue weighted by molar-refractivity contribution is 5.87. The molecule has 10 heteroatoms. The molecule has 242 valence electrons. The smallest absolute Gasteiger partial charge is 0.432 e. The fourth-order valence-electron chi connectivity index (χ4n) is 7.61. The monoisotopic (exact) mass is 630 g/mol. The van der Waals surface area contributed by atoms with Gasteiger partial charge in [0.1, 0.15) is 17.4 Å². The summed E-state index contributed by atoms with van der Waals surface area (Å²) in [5, 5.41) is -1.33. The van der Waals surface area contributed by atoms with E-state index in [2.05, 4.69) is 6.92 Å². The Morgan fingerprint density at radius 2 is 1.57 bits per heavy atom. The Balaban J connectivity index is 1.20. The van der Waals surface area contributed by atoms with Crippen LogP contribution in [0.25, 0.3) is 10.8 Å². The van der Waals surface area contributed by atoms with Crippen molar-refractivity contribution in [2.75, 3.05) is 6.61 Å². The molecule has 0 aromatic heterocycles. The number of hydrogen-bond donors (Lipinski definition) is 0. The number of benzene rings is 2. The van der Waals surface area contributed by atoms with E-state index >= 15 is 8.78 Å². The van der Waals surface area contributed by atoms with Gasteiger partial charge in [-0.05, 0) is 99.0 Å². The summed E-state index contributed by atoms with van der Waals surface area (Å²) in [5.74, 6) is -2.60. The topological polar surface area (TPSA) is 18.5 Å². The molecule has 6 unspecified atom stereocenters. The molecular weight excluding hydrogens is 592 g/mol. The molecule has 2 aromatic rings. The second-order valence-electron chi connectivity index (χ2n) is 12.9. The number of halogens is 8. The zero-order valence-corrected chi connectivity index (χ0v) is 24.7. The second-order valence-corrected chi connectivity index (χ2v) is 12.9. The maximum absolute atomic E-state index is 15.4. The number of alkyl halides is 5. The molecule has 0 amide bonds. The molecule has 1 heterocycles. The minimum absolute atomic E-state index is 0.123. The fourth-order valence-corrected chi connectivity index (χ4v) is 7.61. The Bertz CT molecular complexity index is 1370. The van der Waals surface area contributed by atoms with Crippen LogP contribution in [0.5, 0.6) is 5.75 Å². The predicted octanol–water partition coefficient (Wildman–Crippen LogP) is 10.4. The van der Waals surface area contributed by atoms with Crippen molar-refractivity contribution in [3.63, 3.8) is 0 Å². The van der Waals surface area contributed by atoms with Crippen LogP contribution < -0.4 is 4.74 Å². The lowest BCUT2D eigenvalue weighted by molar-refractivity contribution is -0.229. The van der Waals surface area contributed by atoms with E-state index in [0.29, 0.717) is 36.3 Å². The SMILES string of the molecule is CCCCCC1CCC(C2CCC3CC(C(F)(F)Oc4cc(F)c5c(F)c(C#CC(F)(F)F)c(F)cc5c4)CCC3C2)OC1.